The molecular formula is C19H17F3N4O3. The minimum Gasteiger partial charge on any atom is -0.486 e. The van der Waals surface area contributed by atoms with Gasteiger partial charge in [-0.25, -0.2) is 19.4 Å². The molecular weight excluding hydrogens is 389 g/mol. The van der Waals surface area contributed by atoms with Gasteiger partial charge in [-0.05, 0) is 24.1 Å². The molecule has 7 nitrogen and oxygen atoms in total. The van der Waals surface area contributed by atoms with Gasteiger partial charge in [-0.3, -0.25) is 0 Å². The highest BCUT2D eigenvalue weighted by Crippen LogP contribution is 2.34. The molecule has 3 rings (SSSR count). The van der Waals surface area contributed by atoms with Crippen LogP contribution >= 0.6 is 0 Å². The molecule has 0 fully saturated rings. The lowest BCUT2D eigenvalue weighted by Gasteiger charge is -2.16. The Morgan fingerprint density at radius 1 is 1.17 bits per heavy atom. The van der Waals surface area contributed by atoms with Crippen LogP contribution in [0.2, 0.25) is 0 Å². The number of rotatable bonds is 6. The largest absolute Gasteiger partial charge is 0.486 e. The highest BCUT2D eigenvalue weighted by molar-refractivity contribution is 5.86. The first-order valence-electron chi connectivity index (χ1n) is 8.60. The van der Waals surface area contributed by atoms with Gasteiger partial charge >= 0.3 is 12.1 Å². The second-order valence-electron chi connectivity index (χ2n) is 5.94. The summed E-state index contributed by atoms with van der Waals surface area (Å²) in [5, 5.41) is 3.99. The lowest BCUT2D eigenvalue weighted by atomic mass is 9.99. The first-order chi connectivity index (χ1) is 13.8. The molecule has 0 aliphatic carbocycles. The van der Waals surface area contributed by atoms with Crippen molar-refractivity contribution in [1.82, 2.24) is 19.7 Å². The molecule has 0 spiro atoms. The van der Waals surface area contributed by atoms with Crippen molar-refractivity contribution in [2.45, 2.75) is 26.1 Å². The molecule has 3 aromatic rings. The van der Waals surface area contributed by atoms with Gasteiger partial charge < -0.3 is 9.47 Å². The summed E-state index contributed by atoms with van der Waals surface area (Å²) in [7, 11) is 1.24. The molecule has 0 bridgehead atoms. The number of aryl methyl sites for hydroxylation is 1. The summed E-state index contributed by atoms with van der Waals surface area (Å²) in [6.07, 6.45) is 0.101. The van der Waals surface area contributed by atoms with Gasteiger partial charge in [-0.15, -0.1) is 0 Å². The maximum atomic E-state index is 13.3. The molecule has 0 radical (unpaired) electrons. The van der Waals surface area contributed by atoms with Crippen LogP contribution in [0.4, 0.5) is 13.2 Å². The standard InChI is InChI=1S/C19H17F3N4O3/c1-3-12-5-4-6-15(19(20,21)22)14(12)11-29-13-9-23-18(24-10-13)26-8-7-16(25-26)17(27)28-2/h4-10H,3,11H2,1-2H3. The molecule has 0 aliphatic rings. The molecule has 2 aromatic heterocycles. The van der Waals surface area contributed by atoms with Crippen molar-refractivity contribution in [3.63, 3.8) is 0 Å². The number of nitrogens with zero attached hydrogens (tertiary/aromatic N) is 4. The molecule has 0 saturated heterocycles. The number of esters is 1. The summed E-state index contributed by atoms with van der Waals surface area (Å²) >= 11 is 0. The molecule has 29 heavy (non-hydrogen) atoms. The van der Waals surface area contributed by atoms with Gasteiger partial charge in [0.15, 0.2) is 11.4 Å². The minimum atomic E-state index is -4.47. The number of hydrogen-bond donors (Lipinski definition) is 0. The van der Waals surface area contributed by atoms with E-state index in [2.05, 4.69) is 19.8 Å². The Kier molecular flexibility index (Phi) is 5.81. The van der Waals surface area contributed by atoms with Crippen molar-refractivity contribution in [2.24, 2.45) is 0 Å². The number of carbonyl (C=O) groups excluding carboxylic acids is 1. The van der Waals surface area contributed by atoms with Crippen LogP contribution in [-0.4, -0.2) is 32.8 Å². The number of alkyl halides is 3. The summed E-state index contributed by atoms with van der Waals surface area (Å²) in [6.45, 7) is 1.51. The molecule has 2 heterocycles. The van der Waals surface area contributed by atoms with Crippen LogP contribution < -0.4 is 4.74 Å². The monoisotopic (exact) mass is 406 g/mol. The third kappa shape index (κ3) is 4.53. The maximum Gasteiger partial charge on any atom is 0.416 e. The number of benzene rings is 1. The van der Waals surface area contributed by atoms with E-state index in [0.29, 0.717) is 12.0 Å². The molecule has 0 amide bonds. The van der Waals surface area contributed by atoms with Crippen LogP contribution in [0.15, 0.2) is 42.9 Å². The third-order valence-corrected chi connectivity index (χ3v) is 4.15. The van der Waals surface area contributed by atoms with Crippen LogP contribution in [0.5, 0.6) is 5.75 Å². The fourth-order valence-corrected chi connectivity index (χ4v) is 2.71. The Morgan fingerprint density at radius 2 is 1.90 bits per heavy atom. The van der Waals surface area contributed by atoms with Crippen LogP contribution in [0.25, 0.3) is 5.95 Å². The maximum absolute atomic E-state index is 13.3. The Balaban J connectivity index is 1.76. The predicted molar refractivity (Wildman–Crippen MR) is 95.6 cm³/mol. The fraction of sp³-hybridized carbons (Fsp3) is 0.263. The summed E-state index contributed by atoms with van der Waals surface area (Å²) in [6, 6.07) is 5.51. The molecule has 152 valence electrons. The van der Waals surface area contributed by atoms with Crippen molar-refractivity contribution in [3.05, 3.63) is 65.2 Å². The lowest BCUT2D eigenvalue weighted by Crippen LogP contribution is -2.13. The van der Waals surface area contributed by atoms with E-state index in [0.717, 1.165) is 6.07 Å². The van der Waals surface area contributed by atoms with Gasteiger partial charge in [-0.1, -0.05) is 19.1 Å². The van der Waals surface area contributed by atoms with Crippen LogP contribution in [0.3, 0.4) is 0 Å². The number of hydrogen-bond acceptors (Lipinski definition) is 6. The van der Waals surface area contributed by atoms with E-state index in [4.69, 9.17) is 4.74 Å². The van der Waals surface area contributed by atoms with Gasteiger partial charge in [0.05, 0.1) is 25.1 Å². The van der Waals surface area contributed by atoms with E-state index >= 15 is 0 Å². The number of aromatic nitrogens is 4. The smallest absolute Gasteiger partial charge is 0.416 e. The summed E-state index contributed by atoms with van der Waals surface area (Å²) in [4.78, 5) is 19.6. The lowest BCUT2D eigenvalue weighted by molar-refractivity contribution is -0.138. The van der Waals surface area contributed by atoms with Crippen molar-refractivity contribution >= 4 is 5.97 Å². The van der Waals surface area contributed by atoms with Gasteiger partial charge in [0, 0.05) is 11.8 Å². The molecule has 0 saturated carbocycles. The Bertz CT molecular complexity index is 1000. The second kappa shape index (κ2) is 8.29. The number of carbonyl (C=O) groups is 1. The zero-order chi connectivity index (χ0) is 21.0. The van der Waals surface area contributed by atoms with E-state index in [1.165, 1.54) is 42.5 Å². The van der Waals surface area contributed by atoms with Crippen LogP contribution in [-0.2, 0) is 23.9 Å². The van der Waals surface area contributed by atoms with Crippen molar-refractivity contribution in [1.29, 1.82) is 0 Å². The van der Waals surface area contributed by atoms with E-state index in [9.17, 15) is 18.0 Å². The van der Waals surface area contributed by atoms with Gasteiger partial charge in [0.1, 0.15) is 6.61 Å². The molecule has 0 unspecified atom stereocenters. The normalized spacial score (nSPS) is 11.3. The SMILES string of the molecule is CCc1cccc(C(F)(F)F)c1COc1cnc(-n2ccc(C(=O)OC)n2)nc1. The Hall–Kier alpha value is -3.43. The first kappa shape index (κ1) is 20.3. The van der Waals surface area contributed by atoms with Crippen LogP contribution in [0.1, 0.15) is 34.1 Å². The molecule has 0 atom stereocenters. The van der Waals surface area contributed by atoms with Gasteiger partial charge in [-0.2, -0.15) is 18.3 Å². The van der Waals surface area contributed by atoms with Gasteiger partial charge in [0.2, 0.25) is 0 Å². The Morgan fingerprint density at radius 3 is 2.52 bits per heavy atom. The minimum absolute atomic E-state index is 0.0846. The molecule has 10 heteroatoms. The summed E-state index contributed by atoms with van der Waals surface area (Å²) in [5.74, 6) is -0.232. The zero-order valence-corrected chi connectivity index (χ0v) is 15.6. The molecule has 0 aliphatic heterocycles. The van der Waals surface area contributed by atoms with Crippen molar-refractivity contribution in [2.75, 3.05) is 7.11 Å². The average Bonchev–Trinajstić information content (AvgIpc) is 3.21. The van der Waals surface area contributed by atoms with E-state index < -0.39 is 17.7 Å². The third-order valence-electron chi connectivity index (χ3n) is 4.15. The highest BCUT2D eigenvalue weighted by Gasteiger charge is 2.34. The van der Waals surface area contributed by atoms with E-state index in [1.807, 2.05) is 0 Å². The summed E-state index contributed by atoms with van der Waals surface area (Å²) in [5.41, 5.74) is 0.0131. The molecule has 0 N–H and O–H groups in total. The van der Waals surface area contributed by atoms with Gasteiger partial charge in [0.25, 0.3) is 5.95 Å². The topological polar surface area (TPSA) is 79.1 Å². The Labute approximate surface area is 164 Å². The number of methoxy groups -OCH3 is 1. The fourth-order valence-electron chi connectivity index (χ4n) is 2.71. The predicted octanol–water partition coefficient (Wildman–Crippen LogP) is 3.61. The molecule has 1 aromatic carbocycles. The summed E-state index contributed by atoms with van der Waals surface area (Å²) < 4.78 is 51.2. The van der Waals surface area contributed by atoms with Crippen molar-refractivity contribution < 1.29 is 27.4 Å². The van der Waals surface area contributed by atoms with Crippen molar-refractivity contribution in [3.8, 4) is 11.7 Å². The second-order valence-corrected chi connectivity index (χ2v) is 5.94. The number of halogens is 3. The van der Waals surface area contributed by atoms with Crippen LogP contribution in [0, 0.1) is 0 Å². The first-order valence-corrected chi connectivity index (χ1v) is 8.60. The zero-order valence-electron chi connectivity index (χ0n) is 15.6. The average molecular weight is 406 g/mol. The quantitative estimate of drug-likeness (QED) is 0.582. The number of ether oxygens (including phenoxy) is 2. The highest BCUT2D eigenvalue weighted by atomic mass is 19.4. The van der Waals surface area contributed by atoms with E-state index in [-0.39, 0.29) is 29.6 Å². The van der Waals surface area contributed by atoms with E-state index in [1.54, 1.807) is 13.0 Å².